The lowest BCUT2D eigenvalue weighted by Gasteiger charge is -2.18. The Morgan fingerprint density at radius 1 is 1.18 bits per heavy atom. The summed E-state index contributed by atoms with van der Waals surface area (Å²) in [5.74, 6) is 1.43. The molecule has 0 saturated carbocycles. The van der Waals surface area contributed by atoms with E-state index in [0.717, 1.165) is 35.3 Å². The molecule has 0 aliphatic carbocycles. The highest BCUT2D eigenvalue weighted by atomic mass is 16.5. The number of nitrogens with one attached hydrogen (secondary N) is 2. The number of amides is 2. The van der Waals surface area contributed by atoms with Crippen molar-refractivity contribution in [3.63, 3.8) is 0 Å². The average molecular weight is 382 g/mol. The fraction of sp³-hybridized carbons (Fsp3) is 0.333. The van der Waals surface area contributed by atoms with Gasteiger partial charge < -0.3 is 24.7 Å². The first-order chi connectivity index (χ1) is 13.6. The summed E-state index contributed by atoms with van der Waals surface area (Å²) in [6.45, 7) is 3.27. The molecule has 3 rings (SSSR count). The molecule has 1 aromatic heterocycles. The Morgan fingerprint density at radius 3 is 2.79 bits per heavy atom. The molecule has 7 heteroatoms. The predicted octanol–water partition coefficient (Wildman–Crippen LogP) is 3.50. The van der Waals surface area contributed by atoms with E-state index in [2.05, 4.69) is 20.2 Å². The van der Waals surface area contributed by atoms with Gasteiger partial charge in [-0.1, -0.05) is 12.1 Å². The zero-order chi connectivity index (χ0) is 19.9. The van der Waals surface area contributed by atoms with Crippen LogP contribution in [0.5, 0.6) is 11.5 Å². The molecule has 1 heterocycles. The number of nitrogens with zero attached hydrogens (tertiary/aromatic N) is 2. The molecule has 2 aromatic carbocycles. The largest absolute Gasteiger partial charge is 0.497 e. The minimum Gasteiger partial charge on any atom is -0.497 e. The SMILES string of the molecule is COc1ccc(OC)c(C(C)NC(=O)NCCCn2cnc3ccccc32)c1. The van der Waals surface area contributed by atoms with Crippen molar-refractivity contribution in [2.75, 3.05) is 20.8 Å². The fourth-order valence-corrected chi connectivity index (χ4v) is 3.14. The average Bonchev–Trinajstić information content (AvgIpc) is 3.13. The molecule has 2 amide bonds. The number of fused-ring (bicyclic) bond motifs is 1. The lowest BCUT2D eigenvalue weighted by molar-refractivity contribution is 0.237. The van der Waals surface area contributed by atoms with Crippen LogP contribution >= 0.6 is 0 Å². The number of aromatic nitrogens is 2. The number of benzene rings is 2. The number of para-hydroxylation sites is 2. The summed E-state index contributed by atoms with van der Waals surface area (Å²) in [6, 6.07) is 13.1. The second kappa shape index (κ2) is 9.12. The first kappa shape index (κ1) is 19.5. The minimum atomic E-state index is -0.220. The number of hydrogen-bond donors (Lipinski definition) is 2. The zero-order valence-corrected chi connectivity index (χ0v) is 16.4. The van der Waals surface area contributed by atoms with Gasteiger partial charge in [0.1, 0.15) is 11.5 Å². The zero-order valence-electron chi connectivity index (χ0n) is 16.4. The number of urea groups is 1. The van der Waals surface area contributed by atoms with Gasteiger partial charge in [0.05, 0.1) is 37.6 Å². The summed E-state index contributed by atoms with van der Waals surface area (Å²) in [7, 11) is 3.22. The molecule has 2 N–H and O–H groups in total. The van der Waals surface area contributed by atoms with E-state index in [1.54, 1.807) is 14.2 Å². The van der Waals surface area contributed by atoms with E-state index in [0.29, 0.717) is 12.3 Å². The monoisotopic (exact) mass is 382 g/mol. The maximum Gasteiger partial charge on any atom is 0.315 e. The first-order valence-corrected chi connectivity index (χ1v) is 9.28. The summed E-state index contributed by atoms with van der Waals surface area (Å²) in [6.07, 6.45) is 2.65. The van der Waals surface area contributed by atoms with E-state index in [-0.39, 0.29) is 12.1 Å². The smallest absolute Gasteiger partial charge is 0.315 e. The summed E-state index contributed by atoms with van der Waals surface area (Å²) < 4.78 is 12.7. The molecular formula is C21H26N4O3. The van der Waals surface area contributed by atoms with Crippen molar-refractivity contribution < 1.29 is 14.3 Å². The van der Waals surface area contributed by atoms with Crippen LogP contribution in [-0.2, 0) is 6.54 Å². The van der Waals surface area contributed by atoms with Crippen LogP contribution in [0.25, 0.3) is 11.0 Å². The van der Waals surface area contributed by atoms with E-state index < -0.39 is 0 Å². The number of methoxy groups -OCH3 is 2. The van der Waals surface area contributed by atoms with Crippen LogP contribution < -0.4 is 20.1 Å². The van der Waals surface area contributed by atoms with Crippen LogP contribution in [0.3, 0.4) is 0 Å². The topological polar surface area (TPSA) is 77.4 Å². The normalized spacial score (nSPS) is 11.8. The molecule has 0 radical (unpaired) electrons. The molecule has 0 aliphatic rings. The Hall–Kier alpha value is -3.22. The highest BCUT2D eigenvalue weighted by Crippen LogP contribution is 2.29. The van der Waals surface area contributed by atoms with Gasteiger partial charge in [-0.15, -0.1) is 0 Å². The molecule has 7 nitrogen and oxygen atoms in total. The van der Waals surface area contributed by atoms with E-state index in [4.69, 9.17) is 9.47 Å². The van der Waals surface area contributed by atoms with Crippen molar-refractivity contribution in [2.24, 2.45) is 0 Å². The van der Waals surface area contributed by atoms with Crippen LogP contribution in [0.1, 0.15) is 24.9 Å². The van der Waals surface area contributed by atoms with E-state index in [1.165, 1.54) is 0 Å². The van der Waals surface area contributed by atoms with Crippen LogP contribution in [0.2, 0.25) is 0 Å². The first-order valence-electron chi connectivity index (χ1n) is 9.28. The number of hydrogen-bond acceptors (Lipinski definition) is 4. The van der Waals surface area contributed by atoms with Crippen molar-refractivity contribution in [3.05, 3.63) is 54.4 Å². The Bertz CT molecular complexity index is 938. The Morgan fingerprint density at radius 2 is 2.00 bits per heavy atom. The van der Waals surface area contributed by atoms with E-state index in [1.807, 2.05) is 55.7 Å². The third-order valence-electron chi connectivity index (χ3n) is 4.64. The molecule has 28 heavy (non-hydrogen) atoms. The molecule has 1 unspecified atom stereocenters. The molecule has 148 valence electrons. The van der Waals surface area contributed by atoms with E-state index >= 15 is 0 Å². The molecule has 3 aromatic rings. The summed E-state index contributed by atoms with van der Waals surface area (Å²) in [5.41, 5.74) is 2.95. The summed E-state index contributed by atoms with van der Waals surface area (Å²) in [5, 5.41) is 5.84. The lowest BCUT2D eigenvalue weighted by Crippen LogP contribution is -2.37. The molecule has 0 aliphatic heterocycles. The van der Waals surface area contributed by atoms with Gasteiger partial charge in [0.15, 0.2) is 0 Å². The van der Waals surface area contributed by atoms with Crippen LogP contribution in [0.15, 0.2) is 48.8 Å². The fourth-order valence-electron chi connectivity index (χ4n) is 3.14. The number of imidazole rings is 1. The van der Waals surface area contributed by atoms with Crippen molar-refractivity contribution in [2.45, 2.75) is 25.9 Å². The molecule has 0 bridgehead atoms. The number of carbonyl (C=O) groups excluding carboxylic acids is 1. The van der Waals surface area contributed by atoms with Crippen molar-refractivity contribution in [1.82, 2.24) is 20.2 Å². The lowest BCUT2D eigenvalue weighted by atomic mass is 10.1. The molecule has 1 atom stereocenters. The minimum absolute atomic E-state index is 0.215. The second-order valence-electron chi connectivity index (χ2n) is 6.51. The van der Waals surface area contributed by atoms with Gasteiger partial charge in [-0.2, -0.15) is 0 Å². The van der Waals surface area contributed by atoms with Gasteiger partial charge in [0, 0.05) is 18.7 Å². The highest BCUT2D eigenvalue weighted by molar-refractivity contribution is 5.75. The van der Waals surface area contributed by atoms with E-state index in [9.17, 15) is 4.79 Å². The van der Waals surface area contributed by atoms with Gasteiger partial charge in [-0.05, 0) is 43.7 Å². The molecule has 0 saturated heterocycles. The summed E-state index contributed by atoms with van der Waals surface area (Å²) >= 11 is 0. The molecule has 0 spiro atoms. The van der Waals surface area contributed by atoms with Crippen LogP contribution in [0, 0.1) is 0 Å². The number of carbonyl (C=O) groups is 1. The quantitative estimate of drug-likeness (QED) is 0.585. The van der Waals surface area contributed by atoms with Gasteiger partial charge in [0.25, 0.3) is 0 Å². The number of rotatable bonds is 8. The molecular weight excluding hydrogens is 356 g/mol. The Kier molecular flexibility index (Phi) is 6.37. The van der Waals surface area contributed by atoms with Gasteiger partial charge in [0.2, 0.25) is 0 Å². The number of ether oxygens (including phenoxy) is 2. The Balaban J connectivity index is 1.49. The maximum atomic E-state index is 12.2. The van der Waals surface area contributed by atoms with Gasteiger partial charge in [-0.3, -0.25) is 0 Å². The molecule has 0 fully saturated rings. The second-order valence-corrected chi connectivity index (χ2v) is 6.51. The Labute approximate surface area is 164 Å². The standard InChI is InChI=1S/C21H26N4O3/c1-15(17-13-16(27-2)9-10-20(17)28-3)24-21(26)22-11-6-12-25-14-23-18-7-4-5-8-19(18)25/h4-5,7-10,13-15H,6,11-12H2,1-3H3,(H2,22,24,26). The maximum absolute atomic E-state index is 12.2. The third-order valence-corrected chi connectivity index (χ3v) is 4.64. The van der Waals surface area contributed by atoms with Crippen molar-refractivity contribution in [3.8, 4) is 11.5 Å². The van der Waals surface area contributed by atoms with Crippen molar-refractivity contribution >= 4 is 17.1 Å². The predicted molar refractivity (Wildman–Crippen MR) is 109 cm³/mol. The van der Waals surface area contributed by atoms with Gasteiger partial charge >= 0.3 is 6.03 Å². The van der Waals surface area contributed by atoms with Crippen LogP contribution in [-0.4, -0.2) is 36.3 Å². The number of aryl methyl sites for hydroxylation is 1. The third kappa shape index (κ3) is 4.54. The highest BCUT2D eigenvalue weighted by Gasteiger charge is 2.15. The van der Waals surface area contributed by atoms with Crippen molar-refractivity contribution in [1.29, 1.82) is 0 Å². The summed E-state index contributed by atoms with van der Waals surface area (Å²) in [4.78, 5) is 16.6. The van der Waals surface area contributed by atoms with Gasteiger partial charge in [-0.25, -0.2) is 9.78 Å². The van der Waals surface area contributed by atoms with Crippen LogP contribution in [0.4, 0.5) is 4.79 Å².